The van der Waals surface area contributed by atoms with E-state index < -0.39 is 0 Å². The van der Waals surface area contributed by atoms with Gasteiger partial charge in [0.25, 0.3) is 0 Å². The average molecular weight is 185 g/mol. The Hall–Kier alpha value is -1.04. The van der Waals surface area contributed by atoms with Gasteiger partial charge in [0, 0.05) is 0 Å². The van der Waals surface area contributed by atoms with Crippen LogP contribution in [-0.2, 0) is 0 Å². The van der Waals surface area contributed by atoms with E-state index in [4.69, 9.17) is 0 Å². The monoisotopic (exact) mass is 185 g/mol. The van der Waals surface area contributed by atoms with Gasteiger partial charge in [0.1, 0.15) is 0 Å². The molecule has 1 aliphatic rings. The van der Waals surface area contributed by atoms with Gasteiger partial charge in [-0.05, 0) is 50.2 Å². The zero-order valence-electron chi connectivity index (χ0n) is 8.79. The molecule has 0 nitrogen and oxygen atoms in total. The highest BCUT2D eigenvalue weighted by atomic mass is 14.2. The van der Waals surface area contributed by atoms with Crippen LogP contribution in [0.5, 0.6) is 0 Å². The van der Waals surface area contributed by atoms with E-state index in [-0.39, 0.29) is 0 Å². The molecule has 0 amide bonds. The minimum absolute atomic E-state index is 0.723. The second-order valence-corrected chi connectivity index (χ2v) is 4.27. The SMILES string of the molecule is [CH2]c1cccc(C2CC=C(C)CC2)c1. The molecule has 0 bridgehead atoms. The highest BCUT2D eigenvalue weighted by Crippen LogP contribution is 2.31. The summed E-state index contributed by atoms with van der Waals surface area (Å²) in [5, 5.41) is 0. The van der Waals surface area contributed by atoms with Gasteiger partial charge in [-0.2, -0.15) is 0 Å². The Bertz CT molecular complexity index is 347. The zero-order valence-corrected chi connectivity index (χ0v) is 8.79. The van der Waals surface area contributed by atoms with Crippen LogP contribution in [-0.4, -0.2) is 0 Å². The zero-order chi connectivity index (χ0) is 9.97. The molecule has 0 heteroatoms. The molecule has 0 fully saturated rings. The van der Waals surface area contributed by atoms with Crippen molar-refractivity contribution in [2.45, 2.75) is 32.1 Å². The van der Waals surface area contributed by atoms with Gasteiger partial charge in [-0.1, -0.05) is 35.9 Å². The molecule has 2 rings (SSSR count). The summed E-state index contributed by atoms with van der Waals surface area (Å²) in [6.07, 6.45) is 6.14. The minimum atomic E-state index is 0.723. The van der Waals surface area contributed by atoms with E-state index in [0.29, 0.717) is 0 Å². The second-order valence-electron chi connectivity index (χ2n) is 4.27. The smallest absolute Gasteiger partial charge is 0.0124 e. The maximum atomic E-state index is 3.98. The largest absolute Gasteiger partial charge is 0.0850 e. The first-order valence-corrected chi connectivity index (χ1v) is 5.33. The van der Waals surface area contributed by atoms with Crippen LogP contribution >= 0.6 is 0 Å². The fourth-order valence-corrected chi connectivity index (χ4v) is 2.12. The maximum absolute atomic E-state index is 3.98. The van der Waals surface area contributed by atoms with Crippen LogP contribution < -0.4 is 0 Å². The summed E-state index contributed by atoms with van der Waals surface area (Å²) in [6, 6.07) is 8.63. The number of hydrogen-bond donors (Lipinski definition) is 0. The predicted molar refractivity (Wildman–Crippen MR) is 61.3 cm³/mol. The van der Waals surface area contributed by atoms with Gasteiger partial charge in [0.05, 0.1) is 0 Å². The van der Waals surface area contributed by atoms with E-state index in [2.05, 4.69) is 44.2 Å². The molecule has 1 aromatic rings. The molecule has 0 aromatic heterocycles. The van der Waals surface area contributed by atoms with E-state index in [9.17, 15) is 0 Å². The lowest BCUT2D eigenvalue weighted by Gasteiger charge is -2.21. The maximum Gasteiger partial charge on any atom is -0.0124 e. The summed E-state index contributed by atoms with van der Waals surface area (Å²) in [5.74, 6) is 0.723. The fraction of sp³-hybridized carbons (Fsp3) is 0.357. The topological polar surface area (TPSA) is 0 Å². The summed E-state index contributed by atoms with van der Waals surface area (Å²) in [5.41, 5.74) is 4.14. The Morgan fingerprint density at radius 2 is 2.21 bits per heavy atom. The van der Waals surface area contributed by atoms with Crippen molar-refractivity contribution in [2.24, 2.45) is 0 Å². The van der Waals surface area contributed by atoms with Crippen molar-refractivity contribution in [1.82, 2.24) is 0 Å². The van der Waals surface area contributed by atoms with Gasteiger partial charge in [0.2, 0.25) is 0 Å². The number of benzene rings is 1. The van der Waals surface area contributed by atoms with E-state index in [1.807, 2.05) is 0 Å². The molecule has 1 atom stereocenters. The van der Waals surface area contributed by atoms with Crippen molar-refractivity contribution in [3.05, 3.63) is 54.0 Å². The Labute approximate surface area is 86.7 Å². The van der Waals surface area contributed by atoms with Gasteiger partial charge in [-0.25, -0.2) is 0 Å². The van der Waals surface area contributed by atoms with Gasteiger partial charge >= 0.3 is 0 Å². The summed E-state index contributed by atoms with van der Waals surface area (Å²) < 4.78 is 0. The van der Waals surface area contributed by atoms with Crippen molar-refractivity contribution in [3.8, 4) is 0 Å². The summed E-state index contributed by atoms with van der Waals surface area (Å²) >= 11 is 0. The molecular formula is C14H17. The molecule has 0 N–H and O–H groups in total. The van der Waals surface area contributed by atoms with E-state index >= 15 is 0 Å². The van der Waals surface area contributed by atoms with Crippen LogP contribution in [0, 0.1) is 6.92 Å². The van der Waals surface area contributed by atoms with Crippen LogP contribution in [0.3, 0.4) is 0 Å². The molecule has 73 valence electrons. The Balaban J connectivity index is 2.16. The molecule has 0 saturated carbocycles. The summed E-state index contributed by atoms with van der Waals surface area (Å²) in [7, 11) is 0. The van der Waals surface area contributed by atoms with Crippen LogP contribution in [0.4, 0.5) is 0 Å². The number of hydrogen-bond acceptors (Lipinski definition) is 0. The third-order valence-electron chi connectivity index (χ3n) is 3.06. The number of rotatable bonds is 1. The second kappa shape index (κ2) is 4.00. The minimum Gasteiger partial charge on any atom is -0.0850 e. The van der Waals surface area contributed by atoms with Crippen LogP contribution in [0.1, 0.15) is 43.2 Å². The first kappa shape index (κ1) is 9.51. The van der Waals surface area contributed by atoms with Gasteiger partial charge < -0.3 is 0 Å². The number of allylic oxidation sites excluding steroid dienone is 2. The third-order valence-corrected chi connectivity index (χ3v) is 3.06. The van der Waals surface area contributed by atoms with Crippen LogP contribution in [0.25, 0.3) is 0 Å². The predicted octanol–water partition coefficient (Wildman–Crippen LogP) is 4.08. The van der Waals surface area contributed by atoms with Crippen LogP contribution in [0.15, 0.2) is 35.9 Å². The molecule has 0 aliphatic heterocycles. The Kier molecular flexibility index (Phi) is 2.72. The van der Waals surface area contributed by atoms with Gasteiger partial charge in [-0.3, -0.25) is 0 Å². The third kappa shape index (κ3) is 2.06. The lowest BCUT2D eigenvalue weighted by molar-refractivity contribution is 0.599. The van der Waals surface area contributed by atoms with Crippen molar-refractivity contribution in [1.29, 1.82) is 0 Å². The van der Waals surface area contributed by atoms with Crippen molar-refractivity contribution >= 4 is 0 Å². The lowest BCUT2D eigenvalue weighted by atomic mass is 9.85. The molecular weight excluding hydrogens is 168 g/mol. The first-order chi connectivity index (χ1) is 6.75. The van der Waals surface area contributed by atoms with Crippen molar-refractivity contribution in [3.63, 3.8) is 0 Å². The van der Waals surface area contributed by atoms with Crippen molar-refractivity contribution in [2.75, 3.05) is 0 Å². The molecule has 14 heavy (non-hydrogen) atoms. The van der Waals surface area contributed by atoms with Crippen molar-refractivity contribution < 1.29 is 0 Å². The molecule has 0 spiro atoms. The molecule has 0 heterocycles. The van der Waals surface area contributed by atoms with Crippen LogP contribution in [0.2, 0.25) is 0 Å². The molecule has 1 unspecified atom stereocenters. The fourth-order valence-electron chi connectivity index (χ4n) is 2.12. The Morgan fingerprint density at radius 3 is 2.86 bits per heavy atom. The average Bonchev–Trinajstić information content (AvgIpc) is 2.19. The highest BCUT2D eigenvalue weighted by molar-refractivity contribution is 5.29. The highest BCUT2D eigenvalue weighted by Gasteiger charge is 2.14. The van der Waals surface area contributed by atoms with E-state index in [1.54, 1.807) is 5.57 Å². The van der Waals surface area contributed by atoms with E-state index in [1.165, 1.54) is 24.8 Å². The molecule has 1 aliphatic carbocycles. The molecule has 1 radical (unpaired) electrons. The lowest BCUT2D eigenvalue weighted by Crippen LogP contribution is -2.03. The van der Waals surface area contributed by atoms with E-state index in [0.717, 1.165) is 11.5 Å². The normalized spacial score (nSPS) is 21.9. The van der Waals surface area contributed by atoms with Gasteiger partial charge in [0.15, 0.2) is 0 Å². The molecule has 0 saturated heterocycles. The molecule has 1 aromatic carbocycles. The standard InChI is InChI=1S/C14H17/c1-11-6-8-13(9-7-11)14-5-3-4-12(2)10-14/h3-6,10,13H,2,7-9H2,1H3. The van der Waals surface area contributed by atoms with Gasteiger partial charge in [-0.15, -0.1) is 0 Å². The summed E-state index contributed by atoms with van der Waals surface area (Å²) in [4.78, 5) is 0. The quantitative estimate of drug-likeness (QED) is 0.578. The first-order valence-electron chi connectivity index (χ1n) is 5.33. The summed E-state index contributed by atoms with van der Waals surface area (Å²) in [6.45, 7) is 6.21. The Morgan fingerprint density at radius 1 is 1.36 bits per heavy atom.